The molecule has 1 aliphatic heterocycles. The van der Waals surface area contributed by atoms with Crippen LogP contribution < -0.4 is 20.1 Å². The number of carbonyl (C=O) groups excluding carboxylic acids is 2. The fourth-order valence-corrected chi connectivity index (χ4v) is 4.78. The molecule has 0 atom stereocenters. The van der Waals surface area contributed by atoms with Gasteiger partial charge in [-0.05, 0) is 71.8 Å². The lowest BCUT2D eigenvalue weighted by molar-refractivity contribution is 0.0948. The molecule has 38 heavy (non-hydrogen) atoms. The topological polar surface area (TPSA) is 79.9 Å². The van der Waals surface area contributed by atoms with E-state index in [0.717, 1.165) is 43.1 Å². The van der Waals surface area contributed by atoms with Crippen LogP contribution in [0, 0.1) is 6.92 Å². The van der Waals surface area contributed by atoms with Crippen molar-refractivity contribution in [2.45, 2.75) is 39.7 Å². The summed E-state index contributed by atoms with van der Waals surface area (Å²) in [5, 5.41) is 6.00. The van der Waals surface area contributed by atoms with E-state index in [2.05, 4.69) is 35.4 Å². The second-order valence-corrected chi connectivity index (χ2v) is 9.99. The van der Waals surface area contributed by atoms with Crippen LogP contribution in [0.4, 0.5) is 5.69 Å². The van der Waals surface area contributed by atoms with Crippen molar-refractivity contribution in [3.8, 4) is 11.5 Å². The van der Waals surface area contributed by atoms with Gasteiger partial charge in [-0.25, -0.2) is 0 Å². The van der Waals surface area contributed by atoms with Gasteiger partial charge in [0.2, 0.25) is 0 Å². The Morgan fingerprint density at radius 2 is 1.63 bits per heavy atom. The first-order valence-electron chi connectivity index (χ1n) is 13.1. The Morgan fingerprint density at radius 1 is 0.947 bits per heavy atom. The zero-order valence-electron chi connectivity index (χ0n) is 22.9. The standard InChI is InChI=1S/C31H37N3O4/c1-20(2)22-9-11-23(12-10-22)30(35)33-29-21(3)7-6-8-26(29)31(36)32-14-16-34-15-13-24-17-27(37-4)28(38-5)18-25(24)19-34/h6-12,17-18,20H,13-16,19H2,1-5H3,(H,32,36)(H,33,35). The first-order valence-corrected chi connectivity index (χ1v) is 13.1. The molecule has 0 fully saturated rings. The lowest BCUT2D eigenvalue weighted by Gasteiger charge is -2.29. The maximum Gasteiger partial charge on any atom is 0.255 e. The molecule has 0 unspecified atom stereocenters. The van der Waals surface area contributed by atoms with Gasteiger partial charge in [-0.3, -0.25) is 14.5 Å². The van der Waals surface area contributed by atoms with Crippen LogP contribution in [0.2, 0.25) is 0 Å². The van der Waals surface area contributed by atoms with E-state index in [4.69, 9.17) is 9.47 Å². The van der Waals surface area contributed by atoms with E-state index in [0.29, 0.717) is 29.3 Å². The van der Waals surface area contributed by atoms with Gasteiger partial charge in [0.25, 0.3) is 11.8 Å². The predicted octanol–water partition coefficient (Wildman–Crippen LogP) is 5.18. The van der Waals surface area contributed by atoms with E-state index in [1.54, 1.807) is 20.3 Å². The monoisotopic (exact) mass is 515 g/mol. The second-order valence-electron chi connectivity index (χ2n) is 9.99. The van der Waals surface area contributed by atoms with E-state index < -0.39 is 0 Å². The fourth-order valence-electron chi connectivity index (χ4n) is 4.78. The minimum atomic E-state index is -0.234. The number of nitrogens with zero attached hydrogens (tertiary/aromatic N) is 1. The highest BCUT2D eigenvalue weighted by Gasteiger charge is 2.20. The summed E-state index contributed by atoms with van der Waals surface area (Å²) in [6.07, 6.45) is 0.913. The van der Waals surface area contributed by atoms with Crippen molar-refractivity contribution in [3.63, 3.8) is 0 Å². The van der Waals surface area contributed by atoms with E-state index in [9.17, 15) is 9.59 Å². The number of rotatable bonds is 9. The second kappa shape index (κ2) is 12.1. The minimum Gasteiger partial charge on any atom is -0.493 e. The number of fused-ring (bicyclic) bond motifs is 1. The van der Waals surface area contributed by atoms with Crippen molar-refractivity contribution in [1.29, 1.82) is 0 Å². The highest BCUT2D eigenvalue weighted by Crippen LogP contribution is 2.33. The summed E-state index contributed by atoms with van der Waals surface area (Å²) < 4.78 is 10.9. The van der Waals surface area contributed by atoms with Crippen LogP contribution in [0.3, 0.4) is 0 Å². The molecule has 200 valence electrons. The zero-order valence-corrected chi connectivity index (χ0v) is 22.9. The molecular weight excluding hydrogens is 478 g/mol. The summed E-state index contributed by atoms with van der Waals surface area (Å²) in [6, 6.07) is 17.2. The SMILES string of the molecule is COc1cc2c(cc1OC)CN(CCNC(=O)c1cccc(C)c1NC(=O)c1ccc(C(C)C)cc1)CC2. The third-order valence-corrected chi connectivity index (χ3v) is 7.11. The number of nitrogens with one attached hydrogen (secondary N) is 2. The number of hydrogen-bond acceptors (Lipinski definition) is 5. The van der Waals surface area contributed by atoms with Crippen LogP contribution in [0.1, 0.15) is 62.7 Å². The molecule has 4 rings (SSSR count). The van der Waals surface area contributed by atoms with Crippen molar-refractivity contribution in [1.82, 2.24) is 10.2 Å². The van der Waals surface area contributed by atoms with E-state index in [-0.39, 0.29) is 11.8 Å². The van der Waals surface area contributed by atoms with Crippen LogP contribution in [0.15, 0.2) is 54.6 Å². The van der Waals surface area contributed by atoms with E-state index in [1.807, 2.05) is 49.4 Å². The Morgan fingerprint density at radius 3 is 2.29 bits per heavy atom. The normalized spacial score (nSPS) is 13.1. The molecule has 0 spiro atoms. The number of benzene rings is 3. The van der Waals surface area contributed by atoms with Gasteiger partial charge in [0.15, 0.2) is 11.5 Å². The summed E-state index contributed by atoms with van der Waals surface area (Å²) in [4.78, 5) is 28.4. The van der Waals surface area contributed by atoms with Gasteiger partial charge in [0, 0.05) is 31.7 Å². The van der Waals surface area contributed by atoms with Gasteiger partial charge in [0.05, 0.1) is 25.5 Å². The largest absolute Gasteiger partial charge is 0.493 e. The average Bonchev–Trinajstić information content (AvgIpc) is 2.93. The Labute approximate surface area is 225 Å². The van der Waals surface area contributed by atoms with Crippen LogP contribution in [0.25, 0.3) is 0 Å². The molecule has 0 aliphatic carbocycles. The molecule has 0 bridgehead atoms. The van der Waals surface area contributed by atoms with E-state index >= 15 is 0 Å². The fraction of sp³-hybridized carbons (Fsp3) is 0.355. The molecule has 7 nitrogen and oxygen atoms in total. The molecule has 0 saturated carbocycles. The zero-order chi connectivity index (χ0) is 27.2. The van der Waals surface area contributed by atoms with Gasteiger partial charge in [0.1, 0.15) is 0 Å². The minimum absolute atomic E-state index is 0.206. The first-order chi connectivity index (χ1) is 18.3. The van der Waals surface area contributed by atoms with Gasteiger partial charge >= 0.3 is 0 Å². The first kappa shape index (κ1) is 27.2. The smallest absolute Gasteiger partial charge is 0.255 e. The number of ether oxygens (including phenoxy) is 2. The van der Waals surface area contributed by atoms with Gasteiger partial charge in [-0.15, -0.1) is 0 Å². The number of aryl methyl sites for hydroxylation is 1. The summed E-state index contributed by atoms with van der Waals surface area (Å²) >= 11 is 0. The summed E-state index contributed by atoms with van der Waals surface area (Å²) in [6.45, 7) is 9.03. The molecule has 3 aromatic carbocycles. The maximum atomic E-state index is 13.1. The average molecular weight is 516 g/mol. The molecular formula is C31H37N3O4. The lowest BCUT2D eigenvalue weighted by atomic mass is 9.99. The van der Waals surface area contributed by atoms with Crippen LogP contribution in [-0.2, 0) is 13.0 Å². The number of hydrogen-bond donors (Lipinski definition) is 2. The molecule has 0 radical (unpaired) electrons. The summed E-state index contributed by atoms with van der Waals surface area (Å²) in [5.74, 6) is 1.43. The van der Waals surface area contributed by atoms with Crippen LogP contribution >= 0.6 is 0 Å². The number of carbonyl (C=O) groups is 2. The van der Waals surface area contributed by atoms with Gasteiger partial charge in [-0.1, -0.05) is 38.1 Å². The molecule has 2 N–H and O–H groups in total. The summed E-state index contributed by atoms with van der Waals surface area (Å²) in [7, 11) is 3.29. The third-order valence-electron chi connectivity index (χ3n) is 7.11. The molecule has 2 amide bonds. The highest BCUT2D eigenvalue weighted by molar-refractivity contribution is 6.09. The number of methoxy groups -OCH3 is 2. The Bertz CT molecular complexity index is 1300. The number of para-hydroxylation sites is 1. The lowest BCUT2D eigenvalue weighted by Crippen LogP contribution is -2.38. The highest BCUT2D eigenvalue weighted by atomic mass is 16.5. The summed E-state index contributed by atoms with van der Waals surface area (Å²) in [5.41, 5.74) is 6.04. The third kappa shape index (κ3) is 6.17. The van der Waals surface area contributed by atoms with Crippen molar-refractivity contribution < 1.29 is 19.1 Å². The van der Waals surface area contributed by atoms with Gasteiger partial charge in [-0.2, -0.15) is 0 Å². The Kier molecular flexibility index (Phi) is 8.69. The molecule has 1 heterocycles. The Hall–Kier alpha value is -3.84. The number of anilines is 1. The molecule has 0 aromatic heterocycles. The van der Waals surface area contributed by atoms with Gasteiger partial charge < -0.3 is 20.1 Å². The maximum absolute atomic E-state index is 13.1. The van der Waals surface area contributed by atoms with Crippen molar-refractivity contribution in [3.05, 3.63) is 88.0 Å². The Balaban J connectivity index is 1.37. The molecule has 3 aromatic rings. The van der Waals surface area contributed by atoms with Crippen LogP contribution in [-0.4, -0.2) is 50.6 Å². The van der Waals surface area contributed by atoms with Crippen molar-refractivity contribution in [2.75, 3.05) is 39.2 Å². The quantitative estimate of drug-likeness (QED) is 0.411. The van der Waals surface area contributed by atoms with Crippen molar-refractivity contribution >= 4 is 17.5 Å². The molecule has 1 aliphatic rings. The van der Waals surface area contributed by atoms with E-state index in [1.165, 1.54) is 16.7 Å². The van der Waals surface area contributed by atoms with Crippen LogP contribution in [0.5, 0.6) is 11.5 Å². The predicted molar refractivity (Wildman–Crippen MR) is 151 cm³/mol. The molecule has 0 saturated heterocycles. The van der Waals surface area contributed by atoms with Crippen molar-refractivity contribution in [2.24, 2.45) is 0 Å². The number of amides is 2. The molecule has 7 heteroatoms.